The third kappa shape index (κ3) is 4.35. The largest absolute Gasteiger partial charge is 0.495 e. The summed E-state index contributed by atoms with van der Waals surface area (Å²) in [5, 5.41) is 7.72. The summed E-state index contributed by atoms with van der Waals surface area (Å²) < 4.78 is 5.25. The number of nitrogens with zero attached hydrogens (tertiary/aromatic N) is 1. The van der Waals surface area contributed by atoms with Crippen LogP contribution < -0.4 is 15.5 Å². The second-order valence-electron chi connectivity index (χ2n) is 4.59. The van der Waals surface area contributed by atoms with Crippen molar-refractivity contribution in [3.05, 3.63) is 36.4 Å². The molecule has 0 saturated carbocycles. The average Bonchev–Trinajstić information content (AvgIpc) is 2.49. The van der Waals surface area contributed by atoms with Crippen molar-refractivity contribution >= 4 is 29.2 Å². The molecule has 4 nitrogen and oxygen atoms in total. The first-order valence-corrected chi connectivity index (χ1v) is 7.08. The lowest BCUT2D eigenvalue weighted by atomic mass is 9.96. The molecule has 1 aliphatic rings. The number of benzene rings is 1. The van der Waals surface area contributed by atoms with E-state index in [2.05, 4.69) is 28.0 Å². The van der Waals surface area contributed by atoms with Gasteiger partial charge in [0.15, 0.2) is 5.11 Å². The summed E-state index contributed by atoms with van der Waals surface area (Å²) in [5.74, 6) is 1.25. The fourth-order valence-corrected chi connectivity index (χ4v) is 2.21. The number of anilines is 1. The highest BCUT2D eigenvalue weighted by molar-refractivity contribution is 7.80. The Hall–Kier alpha value is -1.88. The van der Waals surface area contributed by atoms with Crippen LogP contribution in [0.5, 0.6) is 5.75 Å². The Labute approximate surface area is 124 Å². The van der Waals surface area contributed by atoms with Crippen LogP contribution >= 0.6 is 12.2 Å². The van der Waals surface area contributed by atoms with E-state index < -0.39 is 0 Å². The van der Waals surface area contributed by atoms with Crippen molar-refractivity contribution in [3.63, 3.8) is 0 Å². The summed E-state index contributed by atoms with van der Waals surface area (Å²) in [7, 11) is 1.63. The number of methoxy groups -OCH3 is 1. The number of thiocarbonyl (C=S) groups is 1. The molecular weight excluding hydrogens is 270 g/mol. The second kappa shape index (κ2) is 7.65. The molecule has 1 aliphatic carbocycles. The maximum Gasteiger partial charge on any atom is 0.191 e. The summed E-state index contributed by atoms with van der Waals surface area (Å²) in [6.07, 6.45) is 9.67. The Morgan fingerprint density at radius 3 is 3.00 bits per heavy atom. The molecule has 0 saturated heterocycles. The van der Waals surface area contributed by atoms with Gasteiger partial charge in [0, 0.05) is 6.21 Å². The number of hydrogen-bond acceptors (Lipinski definition) is 3. The van der Waals surface area contributed by atoms with Crippen molar-refractivity contribution in [2.24, 2.45) is 11.0 Å². The van der Waals surface area contributed by atoms with Crippen molar-refractivity contribution in [2.45, 2.75) is 19.3 Å². The van der Waals surface area contributed by atoms with E-state index in [4.69, 9.17) is 17.0 Å². The molecule has 0 heterocycles. The summed E-state index contributed by atoms with van der Waals surface area (Å²) >= 11 is 5.20. The molecule has 106 valence electrons. The molecule has 0 spiro atoms. The van der Waals surface area contributed by atoms with Gasteiger partial charge in [-0.3, -0.25) is 5.43 Å². The van der Waals surface area contributed by atoms with Gasteiger partial charge in [-0.15, -0.1) is 0 Å². The molecule has 0 amide bonds. The topological polar surface area (TPSA) is 45.6 Å². The van der Waals surface area contributed by atoms with Gasteiger partial charge in [-0.25, -0.2) is 0 Å². The molecule has 1 aromatic carbocycles. The second-order valence-corrected chi connectivity index (χ2v) is 5.00. The summed E-state index contributed by atoms with van der Waals surface area (Å²) in [6.45, 7) is 0. The molecule has 20 heavy (non-hydrogen) atoms. The molecule has 5 heteroatoms. The van der Waals surface area contributed by atoms with E-state index in [1.54, 1.807) is 7.11 Å². The van der Waals surface area contributed by atoms with E-state index in [1.807, 2.05) is 30.5 Å². The minimum Gasteiger partial charge on any atom is -0.495 e. The van der Waals surface area contributed by atoms with Gasteiger partial charge in [-0.1, -0.05) is 24.3 Å². The molecule has 1 aromatic rings. The monoisotopic (exact) mass is 289 g/mol. The highest BCUT2D eigenvalue weighted by Gasteiger charge is 2.06. The van der Waals surface area contributed by atoms with Crippen LogP contribution in [0, 0.1) is 5.92 Å². The summed E-state index contributed by atoms with van der Waals surface area (Å²) in [4.78, 5) is 0. The van der Waals surface area contributed by atoms with Gasteiger partial charge in [0.05, 0.1) is 12.8 Å². The highest BCUT2D eigenvalue weighted by atomic mass is 32.1. The number of rotatable bonds is 4. The van der Waals surface area contributed by atoms with E-state index in [9.17, 15) is 0 Å². The summed E-state index contributed by atoms with van der Waals surface area (Å²) in [5.41, 5.74) is 3.66. The Bertz CT molecular complexity index is 514. The minimum atomic E-state index is 0.456. The van der Waals surface area contributed by atoms with Gasteiger partial charge >= 0.3 is 0 Å². The molecular formula is C15H19N3OS. The van der Waals surface area contributed by atoms with Crippen LogP contribution in [0.3, 0.4) is 0 Å². The number of para-hydroxylation sites is 2. The molecule has 2 N–H and O–H groups in total. The van der Waals surface area contributed by atoms with Crippen LogP contribution in [0.1, 0.15) is 19.3 Å². The third-order valence-corrected chi connectivity index (χ3v) is 3.31. The molecule has 1 atom stereocenters. The zero-order valence-corrected chi connectivity index (χ0v) is 12.3. The third-order valence-electron chi connectivity index (χ3n) is 3.12. The van der Waals surface area contributed by atoms with Crippen molar-refractivity contribution in [3.8, 4) is 5.75 Å². The molecule has 0 bridgehead atoms. The average molecular weight is 289 g/mol. The van der Waals surface area contributed by atoms with Gasteiger partial charge < -0.3 is 10.1 Å². The van der Waals surface area contributed by atoms with Gasteiger partial charge in [0.1, 0.15) is 5.75 Å². The lowest BCUT2D eigenvalue weighted by Gasteiger charge is -2.13. The quantitative estimate of drug-likeness (QED) is 0.386. The molecule has 0 aromatic heterocycles. The van der Waals surface area contributed by atoms with Gasteiger partial charge in [0.25, 0.3) is 0 Å². The highest BCUT2D eigenvalue weighted by Crippen LogP contribution is 2.22. The number of hydrogen-bond donors (Lipinski definition) is 2. The fraction of sp³-hybridized carbons (Fsp3) is 0.333. The SMILES string of the molecule is COc1ccccc1NC(=S)N/N=C/C1CC=CCC1. The molecule has 0 aliphatic heterocycles. The predicted molar refractivity (Wildman–Crippen MR) is 87.3 cm³/mol. The first-order valence-electron chi connectivity index (χ1n) is 6.68. The Kier molecular flexibility index (Phi) is 5.55. The van der Waals surface area contributed by atoms with E-state index in [0.29, 0.717) is 11.0 Å². The first kappa shape index (κ1) is 14.5. The van der Waals surface area contributed by atoms with Crippen LogP contribution in [-0.4, -0.2) is 18.4 Å². The van der Waals surface area contributed by atoms with E-state index in [1.165, 1.54) is 0 Å². The standard InChI is InChI=1S/C15H19N3OS/c1-19-14-10-6-5-9-13(14)17-15(20)18-16-11-12-7-3-2-4-8-12/h2-3,5-6,9-12H,4,7-8H2,1H3,(H2,17,18,20)/b16-11+. The number of hydrazone groups is 1. The van der Waals surface area contributed by atoms with E-state index in [-0.39, 0.29) is 0 Å². The van der Waals surface area contributed by atoms with Gasteiger partial charge in [-0.2, -0.15) is 5.10 Å². The summed E-state index contributed by atoms with van der Waals surface area (Å²) in [6, 6.07) is 7.62. The van der Waals surface area contributed by atoms with Crippen molar-refractivity contribution < 1.29 is 4.74 Å². The molecule has 2 rings (SSSR count). The number of nitrogens with one attached hydrogen (secondary N) is 2. The van der Waals surface area contributed by atoms with Gasteiger partial charge in [0.2, 0.25) is 0 Å². The minimum absolute atomic E-state index is 0.456. The van der Waals surface area contributed by atoms with E-state index in [0.717, 1.165) is 30.7 Å². The normalized spacial score (nSPS) is 17.9. The van der Waals surface area contributed by atoms with Crippen LogP contribution in [-0.2, 0) is 0 Å². The first-order chi connectivity index (χ1) is 9.79. The van der Waals surface area contributed by atoms with Gasteiger partial charge in [-0.05, 0) is 49.5 Å². The van der Waals surface area contributed by atoms with Crippen LogP contribution in [0.15, 0.2) is 41.5 Å². The van der Waals surface area contributed by atoms with Crippen LogP contribution in [0.4, 0.5) is 5.69 Å². The molecule has 1 unspecified atom stereocenters. The van der Waals surface area contributed by atoms with Crippen LogP contribution in [0.25, 0.3) is 0 Å². The number of allylic oxidation sites excluding steroid dienone is 2. The van der Waals surface area contributed by atoms with E-state index >= 15 is 0 Å². The lowest BCUT2D eigenvalue weighted by Crippen LogP contribution is -2.24. The van der Waals surface area contributed by atoms with Crippen molar-refractivity contribution in [1.29, 1.82) is 0 Å². The fourth-order valence-electron chi connectivity index (χ4n) is 2.05. The molecule has 0 fully saturated rings. The number of ether oxygens (including phenoxy) is 1. The zero-order valence-electron chi connectivity index (χ0n) is 11.5. The van der Waals surface area contributed by atoms with Crippen molar-refractivity contribution in [2.75, 3.05) is 12.4 Å². The Morgan fingerprint density at radius 2 is 2.25 bits per heavy atom. The predicted octanol–water partition coefficient (Wildman–Crippen LogP) is 3.32. The molecule has 0 radical (unpaired) electrons. The lowest BCUT2D eigenvalue weighted by molar-refractivity contribution is 0.417. The maximum atomic E-state index is 5.25. The zero-order chi connectivity index (χ0) is 14.2. The van der Waals surface area contributed by atoms with Crippen molar-refractivity contribution in [1.82, 2.24) is 5.43 Å². The Morgan fingerprint density at radius 1 is 1.40 bits per heavy atom. The maximum absolute atomic E-state index is 5.25. The van der Waals surface area contributed by atoms with Crippen LogP contribution in [0.2, 0.25) is 0 Å². The Balaban J connectivity index is 1.83. The smallest absolute Gasteiger partial charge is 0.191 e.